The van der Waals surface area contributed by atoms with Gasteiger partial charge in [-0.25, -0.2) is 8.78 Å². The number of benzene rings is 1. The molecule has 0 spiro atoms. The zero-order valence-corrected chi connectivity index (χ0v) is 9.96. The predicted octanol–water partition coefficient (Wildman–Crippen LogP) is 1.95. The van der Waals surface area contributed by atoms with Crippen molar-refractivity contribution in [1.82, 2.24) is 5.32 Å². The van der Waals surface area contributed by atoms with Gasteiger partial charge in [0.25, 0.3) is 5.91 Å². The lowest BCUT2D eigenvalue weighted by Crippen LogP contribution is -2.45. The molecule has 0 saturated carbocycles. The van der Waals surface area contributed by atoms with Gasteiger partial charge in [0.1, 0.15) is 11.6 Å². The van der Waals surface area contributed by atoms with Crippen LogP contribution in [-0.4, -0.2) is 22.5 Å². The van der Waals surface area contributed by atoms with Crippen molar-refractivity contribution < 1.29 is 23.5 Å². The van der Waals surface area contributed by atoms with Gasteiger partial charge in [0, 0.05) is 5.54 Å². The number of carboxylic acids is 1. The lowest BCUT2D eigenvalue weighted by atomic mass is 10.00. The number of halogens is 2. The molecule has 0 heterocycles. The number of rotatable bonds is 4. The van der Waals surface area contributed by atoms with Gasteiger partial charge in [-0.2, -0.15) is 0 Å². The Balaban J connectivity index is 2.88. The fraction of sp³-hybridized carbons (Fsp3) is 0.333. The van der Waals surface area contributed by atoms with Crippen molar-refractivity contribution in [3.05, 3.63) is 35.4 Å². The first-order valence-corrected chi connectivity index (χ1v) is 5.20. The van der Waals surface area contributed by atoms with Crippen LogP contribution in [-0.2, 0) is 4.79 Å². The first-order chi connectivity index (χ1) is 8.21. The van der Waals surface area contributed by atoms with Gasteiger partial charge in [0.05, 0.1) is 12.0 Å². The molecule has 18 heavy (non-hydrogen) atoms. The van der Waals surface area contributed by atoms with Crippen LogP contribution in [0.1, 0.15) is 30.6 Å². The molecule has 0 aliphatic carbocycles. The van der Waals surface area contributed by atoms with E-state index in [4.69, 9.17) is 5.11 Å². The average Bonchev–Trinajstić information content (AvgIpc) is 2.18. The average molecular weight is 257 g/mol. The molecule has 1 rings (SSSR count). The molecule has 0 aliphatic rings. The molecule has 1 amide bonds. The molecule has 0 aromatic heterocycles. The zero-order chi connectivity index (χ0) is 13.9. The molecular weight excluding hydrogens is 244 g/mol. The second-order valence-electron chi connectivity index (χ2n) is 4.53. The molecule has 1 aromatic rings. The predicted molar refractivity (Wildman–Crippen MR) is 60.2 cm³/mol. The zero-order valence-electron chi connectivity index (χ0n) is 9.96. The van der Waals surface area contributed by atoms with Crippen LogP contribution in [0.4, 0.5) is 8.78 Å². The van der Waals surface area contributed by atoms with E-state index in [1.165, 1.54) is 13.8 Å². The Morgan fingerprint density at radius 3 is 2.50 bits per heavy atom. The topological polar surface area (TPSA) is 66.4 Å². The van der Waals surface area contributed by atoms with E-state index in [1.807, 2.05) is 0 Å². The highest BCUT2D eigenvalue weighted by Gasteiger charge is 2.25. The van der Waals surface area contributed by atoms with Crippen molar-refractivity contribution in [3.8, 4) is 0 Å². The summed E-state index contributed by atoms with van der Waals surface area (Å²) in [6.07, 6.45) is -0.324. The van der Waals surface area contributed by atoms with E-state index in [0.29, 0.717) is 0 Å². The van der Waals surface area contributed by atoms with E-state index in [2.05, 4.69) is 5.32 Å². The minimum atomic E-state index is -1.10. The number of nitrogens with one attached hydrogen (secondary N) is 1. The van der Waals surface area contributed by atoms with Crippen molar-refractivity contribution in [2.45, 2.75) is 25.8 Å². The molecule has 2 N–H and O–H groups in total. The maximum atomic E-state index is 13.3. The molecule has 0 bridgehead atoms. The third-order valence-corrected chi connectivity index (χ3v) is 2.22. The summed E-state index contributed by atoms with van der Waals surface area (Å²) in [6.45, 7) is 2.96. The van der Waals surface area contributed by atoms with Gasteiger partial charge in [-0.15, -0.1) is 0 Å². The number of carboxylic acid groups (broad SMARTS) is 1. The van der Waals surface area contributed by atoms with Crippen LogP contribution in [0.2, 0.25) is 0 Å². The van der Waals surface area contributed by atoms with Crippen molar-refractivity contribution >= 4 is 11.9 Å². The fourth-order valence-electron chi connectivity index (χ4n) is 1.47. The van der Waals surface area contributed by atoms with E-state index in [1.54, 1.807) is 0 Å². The first kappa shape index (κ1) is 14.1. The minimum Gasteiger partial charge on any atom is -0.481 e. The number of carbonyl (C=O) groups excluding carboxylic acids is 1. The Kier molecular flexibility index (Phi) is 4.00. The Hall–Kier alpha value is -1.98. The quantitative estimate of drug-likeness (QED) is 0.866. The highest BCUT2D eigenvalue weighted by atomic mass is 19.1. The molecule has 0 saturated heterocycles. The fourth-order valence-corrected chi connectivity index (χ4v) is 1.47. The normalized spacial score (nSPS) is 11.1. The molecule has 0 unspecified atom stereocenters. The van der Waals surface area contributed by atoms with Crippen LogP contribution in [0.25, 0.3) is 0 Å². The highest BCUT2D eigenvalue weighted by molar-refractivity contribution is 5.95. The van der Waals surface area contributed by atoms with E-state index >= 15 is 0 Å². The maximum Gasteiger partial charge on any atom is 0.305 e. The lowest BCUT2D eigenvalue weighted by molar-refractivity contribution is -0.138. The van der Waals surface area contributed by atoms with Gasteiger partial charge in [-0.1, -0.05) is 0 Å². The van der Waals surface area contributed by atoms with Crippen LogP contribution in [0.5, 0.6) is 0 Å². The van der Waals surface area contributed by atoms with Gasteiger partial charge in [-0.05, 0) is 32.0 Å². The molecule has 98 valence electrons. The molecule has 4 nitrogen and oxygen atoms in total. The van der Waals surface area contributed by atoms with Crippen LogP contribution in [0.3, 0.4) is 0 Å². The lowest BCUT2D eigenvalue weighted by Gasteiger charge is -2.24. The van der Waals surface area contributed by atoms with Crippen molar-refractivity contribution in [2.75, 3.05) is 0 Å². The second-order valence-corrected chi connectivity index (χ2v) is 4.53. The van der Waals surface area contributed by atoms with Crippen LogP contribution in [0.15, 0.2) is 18.2 Å². The summed E-state index contributed by atoms with van der Waals surface area (Å²) in [7, 11) is 0. The van der Waals surface area contributed by atoms with Crippen LogP contribution >= 0.6 is 0 Å². The van der Waals surface area contributed by atoms with Crippen molar-refractivity contribution in [1.29, 1.82) is 0 Å². The Morgan fingerprint density at radius 2 is 1.94 bits per heavy atom. The van der Waals surface area contributed by atoms with Crippen LogP contribution < -0.4 is 5.32 Å². The summed E-state index contributed by atoms with van der Waals surface area (Å²) in [5, 5.41) is 11.0. The smallest absolute Gasteiger partial charge is 0.305 e. The molecule has 0 fully saturated rings. The van der Waals surface area contributed by atoms with E-state index in [-0.39, 0.29) is 6.42 Å². The molecule has 0 aliphatic heterocycles. The molecule has 1 aromatic carbocycles. The minimum absolute atomic E-state index is 0.324. The van der Waals surface area contributed by atoms with E-state index in [9.17, 15) is 18.4 Å². The largest absolute Gasteiger partial charge is 0.481 e. The molecular formula is C12H13F2NO3. The Morgan fingerprint density at radius 1 is 1.33 bits per heavy atom. The van der Waals surface area contributed by atoms with Crippen LogP contribution in [0, 0.1) is 11.6 Å². The van der Waals surface area contributed by atoms with Crippen molar-refractivity contribution in [3.63, 3.8) is 0 Å². The highest BCUT2D eigenvalue weighted by Crippen LogP contribution is 2.13. The maximum absolute atomic E-state index is 13.3. The third kappa shape index (κ3) is 3.80. The molecule has 6 heteroatoms. The van der Waals surface area contributed by atoms with Gasteiger partial charge < -0.3 is 10.4 Å². The van der Waals surface area contributed by atoms with Crippen molar-refractivity contribution in [2.24, 2.45) is 0 Å². The number of hydrogen-bond acceptors (Lipinski definition) is 2. The Bertz CT molecular complexity index is 486. The molecule has 0 radical (unpaired) electrons. The monoisotopic (exact) mass is 257 g/mol. The first-order valence-electron chi connectivity index (χ1n) is 5.20. The standard InChI is InChI=1S/C12H13F2NO3/c1-12(2,6-10(16)17)15-11(18)8-5-7(13)3-4-9(8)14/h3-5H,6H2,1-2H3,(H,15,18)(H,16,17). The molecule has 0 atom stereocenters. The number of amides is 1. The number of aliphatic carboxylic acids is 1. The van der Waals surface area contributed by atoms with E-state index < -0.39 is 34.6 Å². The summed E-state index contributed by atoms with van der Waals surface area (Å²) in [5.74, 6) is -3.55. The van der Waals surface area contributed by atoms with Gasteiger partial charge in [-0.3, -0.25) is 9.59 Å². The SMILES string of the molecule is CC(C)(CC(=O)O)NC(=O)c1cc(F)ccc1F. The Labute approximate surface area is 103 Å². The third-order valence-electron chi connectivity index (χ3n) is 2.22. The van der Waals surface area contributed by atoms with E-state index in [0.717, 1.165) is 18.2 Å². The van der Waals surface area contributed by atoms with Gasteiger partial charge in [0.15, 0.2) is 0 Å². The number of hydrogen-bond donors (Lipinski definition) is 2. The second kappa shape index (κ2) is 5.12. The summed E-state index contributed by atoms with van der Waals surface area (Å²) in [5.41, 5.74) is -1.50. The van der Waals surface area contributed by atoms with Gasteiger partial charge >= 0.3 is 5.97 Å². The number of carbonyl (C=O) groups is 2. The summed E-state index contributed by atoms with van der Waals surface area (Å²) >= 11 is 0. The summed E-state index contributed by atoms with van der Waals surface area (Å²) < 4.78 is 26.2. The summed E-state index contributed by atoms with van der Waals surface area (Å²) in [4.78, 5) is 22.3. The van der Waals surface area contributed by atoms with Gasteiger partial charge in [0.2, 0.25) is 0 Å². The summed E-state index contributed by atoms with van der Waals surface area (Å²) in [6, 6.07) is 2.50.